The highest BCUT2D eigenvalue weighted by atomic mass is 16.5. The molecule has 1 aromatic carbocycles. The molecule has 0 fully saturated rings. The quantitative estimate of drug-likeness (QED) is 0.903. The van der Waals surface area contributed by atoms with Crippen LogP contribution in [0.2, 0.25) is 0 Å². The molecule has 5 heteroatoms. The van der Waals surface area contributed by atoms with Crippen LogP contribution in [-0.4, -0.2) is 30.3 Å². The van der Waals surface area contributed by atoms with Gasteiger partial charge in [-0.1, -0.05) is 30.3 Å². The molecule has 2 aromatic rings. The number of pyridine rings is 1. The topological polar surface area (TPSA) is 63.6 Å². The third-order valence-corrected chi connectivity index (χ3v) is 3.01. The number of ether oxygens (including phenoxy) is 1. The van der Waals surface area contributed by atoms with Gasteiger partial charge in [0.25, 0.3) is 0 Å². The van der Waals surface area contributed by atoms with Gasteiger partial charge < -0.3 is 10.1 Å². The SMILES string of the molecule is COc1ccc2c(n1)C(c1ccccc1)=NCC(=O)N2. The first-order chi connectivity index (χ1) is 9.78. The Balaban J connectivity index is 2.18. The van der Waals surface area contributed by atoms with Crippen LogP contribution in [0.3, 0.4) is 0 Å². The van der Waals surface area contributed by atoms with E-state index < -0.39 is 0 Å². The number of nitrogens with one attached hydrogen (secondary N) is 1. The second kappa shape index (κ2) is 5.13. The maximum Gasteiger partial charge on any atom is 0.246 e. The summed E-state index contributed by atoms with van der Waals surface area (Å²) in [6.45, 7) is 0.0862. The molecule has 0 spiro atoms. The number of hydrogen-bond acceptors (Lipinski definition) is 4. The minimum Gasteiger partial charge on any atom is -0.481 e. The maximum atomic E-state index is 11.7. The molecule has 20 heavy (non-hydrogen) atoms. The van der Waals surface area contributed by atoms with Gasteiger partial charge in [0.05, 0.1) is 18.5 Å². The zero-order valence-corrected chi connectivity index (χ0v) is 11.0. The third-order valence-electron chi connectivity index (χ3n) is 3.01. The van der Waals surface area contributed by atoms with Gasteiger partial charge in [-0.2, -0.15) is 0 Å². The van der Waals surface area contributed by atoms with Crippen LogP contribution in [0.25, 0.3) is 0 Å². The Morgan fingerprint density at radius 3 is 2.70 bits per heavy atom. The molecule has 1 amide bonds. The highest BCUT2D eigenvalue weighted by Gasteiger charge is 2.19. The van der Waals surface area contributed by atoms with Crippen molar-refractivity contribution in [2.45, 2.75) is 0 Å². The van der Waals surface area contributed by atoms with Crippen LogP contribution < -0.4 is 10.1 Å². The summed E-state index contributed by atoms with van der Waals surface area (Å²) in [6, 6.07) is 13.2. The fourth-order valence-electron chi connectivity index (χ4n) is 2.08. The average Bonchev–Trinajstić information content (AvgIpc) is 2.65. The molecule has 3 rings (SSSR count). The minimum absolute atomic E-state index is 0.0862. The van der Waals surface area contributed by atoms with E-state index >= 15 is 0 Å². The first-order valence-corrected chi connectivity index (χ1v) is 6.23. The monoisotopic (exact) mass is 267 g/mol. The van der Waals surface area contributed by atoms with Gasteiger partial charge in [0, 0.05) is 11.6 Å². The molecule has 0 saturated carbocycles. The number of nitrogens with zero attached hydrogens (tertiary/aromatic N) is 2. The van der Waals surface area contributed by atoms with Crippen molar-refractivity contribution >= 4 is 17.3 Å². The lowest BCUT2D eigenvalue weighted by Crippen LogP contribution is -2.13. The molecule has 0 atom stereocenters. The summed E-state index contributed by atoms with van der Waals surface area (Å²) < 4.78 is 5.15. The lowest BCUT2D eigenvalue weighted by molar-refractivity contribution is -0.114. The molecule has 100 valence electrons. The lowest BCUT2D eigenvalue weighted by atomic mass is 10.1. The van der Waals surface area contributed by atoms with Gasteiger partial charge in [0.1, 0.15) is 12.2 Å². The average molecular weight is 267 g/mol. The number of rotatable bonds is 2. The molecular formula is C15H13N3O2. The number of aromatic nitrogens is 1. The summed E-state index contributed by atoms with van der Waals surface area (Å²) >= 11 is 0. The molecule has 0 aliphatic carbocycles. The third kappa shape index (κ3) is 2.25. The van der Waals surface area contributed by atoms with Crippen molar-refractivity contribution in [1.29, 1.82) is 0 Å². The first-order valence-electron chi connectivity index (χ1n) is 6.23. The van der Waals surface area contributed by atoms with Gasteiger partial charge in [-0.25, -0.2) is 4.98 Å². The Kier molecular flexibility index (Phi) is 3.16. The second-order valence-corrected chi connectivity index (χ2v) is 4.33. The Hall–Kier alpha value is -2.69. The zero-order valence-electron chi connectivity index (χ0n) is 11.0. The molecular weight excluding hydrogens is 254 g/mol. The number of amides is 1. The van der Waals surface area contributed by atoms with E-state index in [2.05, 4.69) is 15.3 Å². The number of carbonyl (C=O) groups is 1. The first kappa shape index (κ1) is 12.3. The van der Waals surface area contributed by atoms with Gasteiger partial charge in [-0.15, -0.1) is 0 Å². The Morgan fingerprint density at radius 2 is 1.95 bits per heavy atom. The Labute approximate surface area is 116 Å². The highest BCUT2D eigenvalue weighted by molar-refractivity contribution is 6.18. The summed E-state index contributed by atoms with van der Waals surface area (Å²) in [5.74, 6) is 0.340. The zero-order chi connectivity index (χ0) is 13.9. The van der Waals surface area contributed by atoms with E-state index in [0.717, 1.165) is 5.56 Å². The van der Waals surface area contributed by atoms with E-state index in [4.69, 9.17) is 4.74 Å². The predicted molar refractivity (Wildman–Crippen MR) is 76.4 cm³/mol. The van der Waals surface area contributed by atoms with Crippen LogP contribution in [0.4, 0.5) is 5.69 Å². The number of anilines is 1. The summed E-state index contributed by atoms with van der Waals surface area (Å²) in [6.07, 6.45) is 0. The van der Waals surface area contributed by atoms with E-state index in [9.17, 15) is 4.79 Å². The van der Waals surface area contributed by atoms with Crippen molar-refractivity contribution in [3.05, 3.63) is 53.7 Å². The van der Waals surface area contributed by atoms with E-state index in [1.807, 2.05) is 30.3 Å². The van der Waals surface area contributed by atoms with Crippen molar-refractivity contribution in [2.24, 2.45) is 4.99 Å². The summed E-state index contributed by atoms with van der Waals surface area (Å²) in [7, 11) is 1.56. The molecule has 1 aliphatic heterocycles. The van der Waals surface area contributed by atoms with Crippen LogP contribution in [-0.2, 0) is 4.79 Å². The smallest absolute Gasteiger partial charge is 0.246 e. The van der Waals surface area contributed by atoms with Gasteiger partial charge in [0.15, 0.2) is 0 Å². The number of carbonyl (C=O) groups excluding carboxylic acids is 1. The van der Waals surface area contributed by atoms with Crippen LogP contribution in [0.5, 0.6) is 5.88 Å². The van der Waals surface area contributed by atoms with E-state index in [-0.39, 0.29) is 12.5 Å². The van der Waals surface area contributed by atoms with Gasteiger partial charge >= 0.3 is 0 Å². The van der Waals surface area contributed by atoms with Gasteiger partial charge in [-0.05, 0) is 6.07 Å². The normalized spacial score (nSPS) is 13.8. The van der Waals surface area contributed by atoms with E-state index in [0.29, 0.717) is 23.0 Å². The fraction of sp³-hybridized carbons (Fsp3) is 0.133. The van der Waals surface area contributed by atoms with Crippen molar-refractivity contribution < 1.29 is 9.53 Å². The molecule has 1 aromatic heterocycles. The van der Waals surface area contributed by atoms with Crippen LogP contribution >= 0.6 is 0 Å². The Morgan fingerprint density at radius 1 is 1.15 bits per heavy atom. The van der Waals surface area contributed by atoms with Crippen LogP contribution in [0, 0.1) is 0 Å². The number of fused-ring (bicyclic) bond motifs is 1. The van der Waals surface area contributed by atoms with Crippen molar-refractivity contribution in [3.8, 4) is 5.88 Å². The molecule has 1 N–H and O–H groups in total. The highest BCUT2D eigenvalue weighted by Crippen LogP contribution is 2.23. The summed E-state index contributed by atoms with van der Waals surface area (Å²) in [4.78, 5) is 20.5. The number of aliphatic imine (C=N–C) groups is 1. The second-order valence-electron chi connectivity index (χ2n) is 4.33. The van der Waals surface area contributed by atoms with E-state index in [1.54, 1.807) is 19.2 Å². The predicted octanol–water partition coefficient (Wildman–Crippen LogP) is 1.88. The molecule has 0 unspecified atom stereocenters. The number of methoxy groups -OCH3 is 1. The van der Waals surface area contributed by atoms with Crippen LogP contribution in [0.1, 0.15) is 11.3 Å². The van der Waals surface area contributed by atoms with Crippen LogP contribution in [0.15, 0.2) is 47.5 Å². The van der Waals surface area contributed by atoms with Crippen molar-refractivity contribution in [1.82, 2.24) is 4.98 Å². The molecule has 0 bridgehead atoms. The lowest BCUT2D eigenvalue weighted by Gasteiger charge is -2.10. The standard InChI is InChI=1S/C15H13N3O2/c1-20-13-8-7-11-15(18-13)14(16-9-12(19)17-11)10-5-3-2-4-6-10/h2-8H,9H2,1H3,(H,17,19). The minimum atomic E-state index is -0.149. The van der Waals surface area contributed by atoms with E-state index in [1.165, 1.54) is 0 Å². The summed E-state index contributed by atoms with van der Waals surface area (Å²) in [5, 5.41) is 2.80. The van der Waals surface area contributed by atoms with Gasteiger partial charge in [0.2, 0.25) is 11.8 Å². The van der Waals surface area contributed by atoms with Gasteiger partial charge in [-0.3, -0.25) is 9.79 Å². The maximum absolute atomic E-state index is 11.7. The molecule has 0 saturated heterocycles. The summed E-state index contributed by atoms with van der Waals surface area (Å²) in [5.41, 5.74) is 2.89. The number of benzene rings is 1. The number of hydrogen-bond donors (Lipinski definition) is 1. The largest absolute Gasteiger partial charge is 0.481 e. The molecule has 5 nitrogen and oxygen atoms in total. The molecule has 2 heterocycles. The van der Waals surface area contributed by atoms with Crippen molar-refractivity contribution in [3.63, 3.8) is 0 Å². The van der Waals surface area contributed by atoms with Crippen molar-refractivity contribution in [2.75, 3.05) is 19.0 Å². The fourth-order valence-corrected chi connectivity index (χ4v) is 2.08. The molecule has 1 aliphatic rings. The molecule has 0 radical (unpaired) electrons. The Bertz CT molecular complexity index is 681.